The Morgan fingerprint density at radius 2 is 2.06 bits per heavy atom. The summed E-state index contributed by atoms with van der Waals surface area (Å²) in [5, 5.41) is 13.8. The number of nitro groups is 1. The second kappa shape index (κ2) is 5.90. The van der Waals surface area contributed by atoms with E-state index in [4.69, 9.17) is 0 Å². The molecule has 0 aromatic heterocycles. The summed E-state index contributed by atoms with van der Waals surface area (Å²) in [6, 6.07) is 8.87. The van der Waals surface area contributed by atoms with Gasteiger partial charge in [0, 0.05) is 6.54 Å². The molecule has 0 fully saturated rings. The first-order chi connectivity index (χ1) is 7.61. The third-order valence-electron chi connectivity index (χ3n) is 2.03. The highest BCUT2D eigenvalue weighted by Gasteiger charge is 2.12. The molecule has 0 bridgehead atoms. The molecule has 4 heteroatoms. The summed E-state index contributed by atoms with van der Waals surface area (Å²) in [7, 11) is 0. The smallest absolute Gasteiger partial charge is 0.292 e. The first-order valence-corrected chi connectivity index (χ1v) is 5.24. The molecule has 0 aliphatic rings. The Morgan fingerprint density at radius 3 is 2.56 bits per heavy atom. The van der Waals surface area contributed by atoms with Gasteiger partial charge in [0.15, 0.2) is 0 Å². The Bertz CT molecular complexity index is 372. The fourth-order valence-corrected chi connectivity index (χ4v) is 1.24. The second-order valence-corrected chi connectivity index (χ2v) is 3.95. The van der Waals surface area contributed by atoms with Crippen molar-refractivity contribution in [3.05, 3.63) is 52.2 Å². The van der Waals surface area contributed by atoms with Crippen LogP contribution in [0, 0.1) is 16.0 Å². The lowest BCUT2D eigenvalue weighted by atomic mass is 10.2. The maximum Gasteiger partial charge on any atom is 0.292 e. The van der Waals surface area contributed by atoms with Gasteiger partial charge < -0.3 is 5.32 Å². The van der Waals surface area contributed by atoms with Gasteiger partial charge >= 0.3 is 0 Å². The molecule has 1 aromatic rings. The average Bonchev–Trinajstić information content (AvgIpc) is 2.25. The van der Waals surface area contributed by atoms with E-state index in [-0.39, 0.29) is 10.6 Å². The highest BCUT2D eigenvalue weighted by molar-refractivity contribution is 5.57. The van der Waals surface area contributed by atoms with E-state index < -0.39 is 0 Å². The molecule has 0 spiro atoms. The standard InChI is InChI=1S/C12H16N2O2/c1-10(2)8-13-9-12(14(15)16)11-6-4-3-5-7-11/h3-7,9-10,13H,8H2,1-2H3/b12-9-. The predicted octanol–water partition coefficient (Wildman–Crippen LogP) is 2.51. The lowest BCUT2D eigenvalue weighted by Crippen LogP contribution is -2.15. The van der Waals surface area contributed by atoms with Gasteiger partial charge in [-0.3, -0.25) is 10.1 Å². The minimum absolute atomic E-state index is 0.0984. The normalized spacial score (nSPS) is 11.6. The minimum atomic E-state index is -0.372. The van der Waals surface area contributed by atoms with E-state index in [0.717, 1.165) is 6.54 Å². The van der Waals surface area contributed by atoms with E-state index in [1.54, 1.807) is 24.3 Å². The van der Waals surface area contributed by atoms with Crippen molar-refractivity contribution in [3.63, 3.8) is 0 Å². The SMILES string of the molecule is CC(C)CN/C=C(/c1ccccc1)[N+](=O)[O-]. The van der Waals surface area contributed by atoms with Crippen LogP contribution in [0.3, 0.4) is 0 Å². The number of nitrogens with one attached hydrogen (secondary N) is 1. The molecule has 16 heavy (non-hydrogen) atoms. The summed E-state index contributed by atoms with van der Waals surface area (Å²) < 4.78 is 0. The van der Waals surface area contributed by atoms with E-state index in [1.165, 1.54) is 6.20 Å². The van der Waals surface area contributed by atoms with Crippen molar-refractivity contribution in [3.8, 4) is 0 Å². The Kier molecular flexibility index (Phi) is 4.51. The summed E-state index contributed by atoms with van der Waals surface area (Å²) in [5.41, 5.74) is 0.713. The van der Waals surface area contributed by atoms with E-state index >= 15 is 0 Å². The van der Waals surface area contributed by atoms with Crippen LogP contribution in [0.25, 0.3) is 5.70 Å². The molecule has 0 heterocycles. The van der Waals surface area contributed by atoms with Gasteiger partial charge in [-0.25, -0.2) is 0 Å². The lowest BCUT2D eigenvalue weighted by molar-refractivity contribution is -0.375. The molecule has 4 nitrogen and oxygen atoms in total. The van der Waals surface area contributed by atoms with Gasteiger partial charge in [0.25, 0.3) is 5.70 Å². The molecule has 1 rings (SSSR count). The van der Waals surface area contributed by atoms with Crippen LogP contribution in [0.5, 0.6) is 0 Å². The quantitative estimate of drug-likeness (QED) is 0.612. The van der Waals surface area contributed by atoms with Gasteiger partial charge in [-0.1, -0.05) is 32.0 Å². The van der Waals surface area contributed by atoms with Gasteiger partial charge in [0.2, 0.25) is 0 Å². The van der Waals surface area contributed by atoms with Crippen molar-refractivity contribution >= 4 is 5.70 Å². The van der Waals surface area contributed by atoms with Crippen LogP contribution >= 0.6 is 0 Å². The van der Waals surface area contributed by atoms with Crippen LogP contribution < -0.4 is 5.32 Å². The van der Waals surface area contributed by atoms with Crippen LogP contribution in [0.4, 0.5) is 0 Å². The maximum atomic E-state index is 10.9. The van der Waals surface area contributed by atoms with Crippen LogP contribution in [0.15, 0.2) is 36.5 Å². The topological polar surface area (TPSA) is 55.2 Å². The fraction of sp³-hybridized carbons (Fsp3) is 0.333. The lowest BCUT2D eigenvalue weighted by Gasteiger charge is -2.04. The van der Waals surface area contributed by atoms with Crippen LogP contribution in [0.1, 0.15) is 19.4 Å². The maximum absolute atomic E-state index is 10.9. The molecule has 0 aliphatic carbocycles. The Balaban J connectivity index is 2.80. The fourth-order valence-electron chi connectivity index (χ4n) is 1.24. The summed E-state index contributed by atoms with van der Waals surface area (Å²) in [6.07, 6.45) is 1.47. The zero-order valence-electron chi connectivity index (χ0n) is 9.51. The summed E-state index contributed by atoms with van der Waals surface area (Å²) in [5.74, 6) is 0.458. The van der Waals surface area contributed by atoms with E-state index in [0.29, 0.717) is 11.5 Å². The van der Waals surface area contributed by atoms with E-state index in [1.807, 2.05) is 6.07 Å². The molecule has 0 aliphatic heterocycles. The molecule has 86 valence electrons. The second-order valence-electron chi connectivity index (χ2n) is 3.95. The monoisotopic (exact) mass is 220 g/mol. The minimum Gasteiger partial charge on any atom is -0.385 e. The van der Waals surface area contributed by atoms with Crippen LogP contribution in [-0.2, 0) is 0 Å². The summed E-state index contributed by atoms with van der Waals surface area (Å²) in [4.78, 5) is 10.5. The Labute approximate surface area is 95.1 Å². The van der Waals surface area contributed by atoms with Crippen molar-refractivity contribution in [1.29, 1.82) is 0 Å². The van der Waals surface area contributed by atoms with E-state index in [2.05, 4.69) is 19.2 Å². The molecule has 1 N–H and O–H groups in total. The van der Waals surface area contributed by atoms with Gasteiger partial charge in [-0.2, -0.15) is 0 Å². The largest absolute Gasteiger partial charge is 0.385 e. The van der Waals surface area contributed by atoms with Gasteiger partial charge in [-0.15, -0.1) is 0 Å². The molecule has 0 saturated heterocycles. The highest BCUT2D eigenvalue weighted by atomic mass is 16.6. The van der Waals surface area contributed by atoms with Crippen LogP contribution in [0.2, 0.25) is 0 Å². The molecule has 0 amide bonds. The van der Waals surface area contributed by atoms with Crippen molar-refractivity contribution in [2.24, 2.45) is 5.92 Å². The summed E-state index contributed by atoms with van der Waals surface area (Å²) in [6.45, 7) is 4.83. The molecule has 0 radical (unpaired) electrons. The number of hydrogen-bond donors (Lipinski definition) is 1. The summed E-state index contributed by atoms with van der Waals surface area (Å²) >= 11 is 0. The molecular weight excluding hydrogens is 204 g/mol. The number of rotatable bonds is 5. The average molecular weight is 220 g/mol. The van der Waals surface area contributed by atoms with Crippen molar-refractivity contribution in [2.75, 3.05) is 6.54 Å². The molecular formula is C12H16N2O2. The van der Waals surface area contributed by atoms with Crippen molar-refractivity contribution < 1.29 is 4.92 Å². The third-order valence-corrected chi connectivity index (χ3v) is 2.03. The first-order valence-electron chi connectivity index (χ1n) is 5.24. The van der Waals surface area contributed by atoms with Crippen LogP contribution in [-0.4, -0.2) is 11.5 Å². The van der Waals surface area contributed by atoms with Gasteiger partial charge in [0.1, 0.15) is 0 Å². The van der Waals surface area contributed by atoms with Crippen molar-refractivity contribution in [2.45, 2.75) is 13.8 Å². The molecule has 1 aromatic carbocycles. The zero-order valence-corrected chi connectivity index (χ0v) is 9.51. The van der Waals surface area contributed by atoms with Gasteiger partial charge in [-0.05, 0) is 18.1 Å². The molecule has 0 saturated carbocycles. The first kappa shape index (κ1) is 12.2. The van der Waals surface area contributed by atoms with Gasteiger partial charge in [0.05, 0.1) is 16.7 Å². The Hall–Kier alpha value is -1.84. The van der Waals surface area contributed by atoms with E-state index in [9.17, 15) is 10.1 Å². The molecule has 0 unspecified atom stereocenters. The number of nitrogens with zero attached hydrogens (tertiary/aromatic N) is 1. The highest BCUT2D eigenvalue weighted by Crippen LogP contribution is 2.13. The predicted molar refractivity (Wildman–Crippen MR) is 64.3 cm³/mol. The molecule has 0 atom stereocenters. The Morgan fingerprint density at radius 1 is 1.44 bits per heavy atom. The number of hydrogen-bond acceptors (Lipinski definition) is 3. The zero-order chi connectivity index (χ0) is 12.0. The van der Waals surface area contributed by atoms with Crippen molar-refractivity contribution in [1.82, 2.24) is 5.32 Å². The number of benzene rings is 1. The third kappa shape index (κ3) is 3.73.